The zero-order valence-corrected chi connectivity index (χ0v) is 16.7. The summed E-state index contributed by atoms with van der Waals surface area (Å²) in [5.41, 5.74) is 1.62. The molecule has 1 unspecified atom stereocenters. The summed E-state index contributed by atoms with van der Waals surface area (Å²) in [4.78, 5) is 13.4. The van der Waals surface area contributed by atoms with Gasteiger partial charge in [0.25, 0.3) is 0 Å². The number of hydrogen-bond acceptors (Lipinski definition) is 4. The maximum absolute atomic E-state index is 14.0. The van der Waals surface area contributed by atoms with Crippen molar-refractivity contribution in [2.24, 2.45) is 5.10 Å². The molecule has 188 valence electrons. The van der Waals surface area contributed by atoms with Crippen LogP contribution in [0.3, 0.4) is 0 Å². The van der Waals surface area contributed by atoms with Gasteiger partial charge in [-0.2, -0.15) is 53.4 Å². The Labute approximate surface area is 179 Å². The third-order valence-corrected chi connectivity index (χ3v) is 4.05. The lowest BCUT2D eigenvalue weighted by Gasteiger charge is -2.33. The van der Waals surface area contributed by atoms with Crippen molar-refractivity contribution >= 4 is 17.8 Å². The van der Waals surface area contributed by atoms with Gasteiger partial charge in [-0.1, -0.05) is 12.1 Å². The topological polar surface area (TPSA) is 53.9 Å². The number of ether oxygens (including phenoxy) is 1. The highest BCUT2D eigenvalue weighted by Crippen LogP contribution is 2.50. The Morgan fingerprint density at radius 1 is 0.909 bits per heavy atom. The van der Waals surface area contributed by atoms with Crippen LogP contribution in [0.15, 0.2) is 29.4 Å². The normalized spacial score (nSPS) is 15.4. The number of benzene rings is 1. The van der Waals surface area contributed by atoms with Crippen LogP contribution >= 0.6 is 0 Å². The van der Waals surface area contributed by atoms with E-state index in [0.29, 0.717) is 19.3 Å². The minimum Gasteiger partial charge on any atom is -0.372 e. The fourth-order valence-electron chi connectivity index (χ4n) is 2.24. The largest absolute Gasteiger partial charge is 0.462 e. The van der Waals surface area contributed by atoms with E-state index in [0.717, 1.165) is 11.1 Å². The van der Waals surface area contributed by atoms with Gasteiger partial charge in [-0.15, -0.1) is 0 Å². The van der Waals surface area contributed by atoms with Crippen LogP contribution in [0.2, 0.25) is 0 Å². The maximum Gasteiger partial charge on any atom is 0.462 e. The van der Waals surface area contributed by atoms with E-state index in [1.54, 1.807) is 0 Å². The second-order valence-electron chi connectivity index (χ2n) is 6.25. The zero-order chi connectivity index (χ0) is 25.9. The second kappa shape index (κ2) is 9.69. The summed E-state index contributed by atoms with van der Waals surface area (Å²) in [6.45, 7) is 4.98. The summed E-state index contributed by atoms with van der Waals surface area (Å²) in [7, 11) is 0. The summed E-state index contributed by atoms with van der Waals surface area (Å²) in [5, 5.41) is 2.86. The summed E-state index contributed by atoms with van der Waals surface area (Å²) < 4.78 is 143. The first-order valence-corrected chi connectivity index (χ1v) is 8.80. The van der Waals surface area contributed by atoms with Gasteiger partial charge in [-0.05, 0) is 31.5 Å². The van der Waals surface area contributed by atoms with Gasteiger partial charge in [-0.25, -0.2) is 5.43 Å². The van der Waals surface area contributed by atoms with Gasteiger partial charge in [0.2, 0.25) is 0 Å². The Morgan fingerprint density at radius 2 is 1.39 bits per heavy atom. The van der Waals surface area contributed by atoms with Crippen molar-refractivity contribution in [1.82, 2.24) is 5.43 Å². The van der Waals surface area contributed by atoms with Crippen LogP contribution < -0.4 is 10.3 Å². The third-order valence-electron chi connectivity index (χ3n) is 4.05. The number of carbonyl (C=O) groups excluding carboxylic acids is 1. The molecular weight excluding hydrogens is 487 g/mol. The standard InChI is InChI=1S/C17H16F11N3O2/c1-3-31(4-2)11-7-5-10(6-8-11)9-29-30-12(32)13(18,15(21,22)23)33-17(27,28)14(19,20)16(24,25)26/h5-9H,3-4H2,1-2H3,(H,30,32). The molecule has 1 aromatic carbocycles. The number of anilines is 1. The van der Waals surface area contributed by atoms with E-state index in [9.17, 15) is 53.1 Å². The highest BCUT2D eigenvalue weighted by atomic mass is 19.4. The van der Waals surface area contributed by atoms with Gasteiger partial charge >= 0.3 is 36.1 Å². The molecule has 0 aromatic heterocycles. The average molecular weight is 503 g/mol. The van der Waals surface area contributed by atoms with Gasteiger partial charge < -0.3 is 4.90 Å². The molecule has 0 radical (unpaired) electrons. The van der Waals surface area contributed by atoms with E-state index in [2.05, 4.69) is 9.84 Å². The summed E-state index contributed by atoms with van der Waals surface area (Å²) in [6.07, 6.45) is -20.4. The van der Waals surface area contributed by atoms with Crippen LogP contribution in [0.5, 0.6) is 0 Å². The number of hydrogen-bond donors (Lipinski definition) is 1. The van der Waals surface area contributed by atoms with E-state index in [1.165, 1.54) is 24.3 Å². The average Bonchev–Trinajstić information content (AvgIpc) is 2.67. The van der Waals surface area contributed by atoms with Gasteiger partial charge in [0.05, 0.1) is 6.21 Å². The molecule has 1 N–H and O–H groups in total. The highest BCUT2D eigenvalue weighted by molar-refractivity contribution is 5.87. The molecule has 1 amide bonds. The lowest BCUT2D eigenvalue weighted by Crippen LogP contribution is -2.63. The quantitative estimate of drug-likeness (QED) is 0.293. The van der Waals surface area contributed by atoms with Crippen molar-refractivity contribution in [3.63, 3.8) is 0 Å². The summed E-state index contributed by atoms with van der Waals surface area (Å²) in [5.74, 6) is -16.8. The van der Waals surface area contributed by atoms with Crippen molar-refractivity contribution in [3.05, 3.63) is 29.8 Å². The minimum atomic E-state index is -7.27. The lowest BCUT2D eigenvalue weighted by molar-refractivity contribution is -0.472. The predicted molar refractivity (Wildman–Crippen MR) is 92.7 cm³/mol. The van der Waals surface area contributed by atoms with Gasteiger partial charge in [0.1, 0.15) is 0 Å². The second-order valence-corrected chi connectivity index (χ2v) is 6.25. The molecule has 1 atom stereocenters. The Morgan fingerprint density at radius 3 is 1.79 bits per heavy atom. The smallest absolute Gasteiger partial charge is 0.372 e. The SMILES string of the molecule is CCN(CC)c1ccc(C=NNC(=O)C(F)(OC(F)(F)C(F)(F)C(F)(F)F)C(F)(F)F)cc1. The van der Waals surface area contributed by atoms with E-state index >= 15 is 0 Å². The van der Waals surface area contributed by atoms with E-state index in [-0.39, 0.29) is 5.56 Å². The van der Waals surface area contributed by atoms with Crippen LogP contribution in [0, 0.1) is 0 Å². The third kappa shape index (κ3) is 6.03. The zero-order valence-electron chi connectivity index (χ0n) is 16.7. The molecule has 0 aliphatic carbocycles. The maximum atomic E-state index is 14.0. The Kier molecular flexibility index (Phi) is 8.33. The highest BCUT2D eigenvalue weighted by Gasteiger charge is 2.79. The number of hydrazone groups is 1. The first-order chi connectivity index (χ1) is 14.8. The predicted octanol–water partition coefficient (Wildman–Crippen LogP) is 5.02. The molecular formula is C17H16F11N3O2. The van der Waals surface area contributed by atoms with Crippen LogP contribution in [0.1, 0.15) is 19.4 Å². The molecule has 1 rings (SSSR count). The van der Waals surface area contributed by atoms with Gasteiger partial charge in [0, 0.05) is 18.8 Å². The number of nitrogens with one attached hydrogen (secondary N) is 1. The molecule has 0 aliphatic heterocycles. The van der Waals surface area contributed by atoms with Crippen molar-refractivity contribution in [2.45, 2.75) is 44.1 Å². The number of halogens is 11. The Hall–Kier alpha value is -2.65. The number of alkyl halides is 11. The van der Waals surface area contributed by atoms with Gasteiger partial charge in [0.15, 0.2) is 0 Å². The van der Waals surface area contributed by atoms with Crippen LogP contribution in [0.4, 0.5) is 54.0 Å². The molecule has 33 heavy (non-hydrogen) atoms. The number of carbonyl (C=O) groups is 1. The summed E-state index contributed by atoms with van der Waals surface area (Å²) in [6, 6.07) is 5.77. The first-order valence-electron chi connectivity index (χ1n) is 8.80. The minimum absolute atomic E-state index is 0.109. The van der Waals surface area contributed by atoms with Crippen molar-refractivity contribution in [2.75, 3.05) is 18.0 Å². The molecule has 0 bridgehead atoms. The number of amides is 1. The van der Waals surface area contributed by atoms with E-state index < -0.39 is 36.1 Å². The van der Waals surface area contributed by atoms with Crippen molar-refractivity contribution in [1.29, 1.82) is 0 Å². The summed E-state index contributed by atoms with van der Waals surface area (Å²) >= 11 is 0. The van der Waals surface area contributed by atoms with E-state index in [1.807, 2.05) is 18.7 Å². The Bertz CT molecular complexity index is 834. The fraction of sp³-hybridized carbons (Fsp3) is 0.529. The van der Waals surface area contributed by atoms with Crippen molar-refractivity contribution in [3.8, 4) is 0 Å². The molecule has 16 heteroatoms. The molecule has 0 saturated heterocycles. The van der Waals surface area contributed by atoms with Crippen LogP contribution in [0.25, 0.3) is 0 Å². The van der Waals surface area contributed by atoms with Gasteiger partial charge in [-0.3, -0.25) is 9.53 Å². The van der Waals surface area contributed by atoms with Crippen molar-refractivity contribution < 1.29 is 57.8 Å². The molecule has 0 saturated carbocycles. The molecule has 0 heterocycles. The molecule has 1 aromatic rings. The molecule has 5 nitrogen and oxygen atoms in total. The molecule has 0 fully saturated rings. The molecule has 0 spiro atoms. The lowest BCUT2D eigenvalue weighted by atomic mass is 10.2. The molecule has 0 aliphatic rings. The van der Waals surface area contributed by atoms with E-state index in [4.69, 9.17) is 0 Å². The fourth-order valence-corrected chi connectivity index (χ4v) is 2.24. The van der Waals surface area contributed by atoms with Crippen LogP contribution in [-0.2, 0) is 9.53 Å². The van der Waals surface area contributed by atoms with Crippen LogP contribution in [-0.4, -0.2) is 55.4 Å². The number of nitrogens with zero attached hydrogens (tertiary/aromatic N) is 2. The first kappa shape index (κ1) is 28.4. The number of rotatable bonds is 9. The monoisotopic (exact) mass is 503 g/mol. The Balaban J connectivity index is 3.09.